The average Bonchev–Trinajstić information content (AvgIpc) is 2.49. The van der Waals surface area contributed by atoms with Crippen LogP contribution < -0.4 is 10.6 Å². The molecule has 2 aromatic rings. The lowest BCUT2D eigenvalue weighted by molar-refractivity contribution is 0.102. The van der Waals surface area contributed by atoms with Crippen molar-refractivity contribution >= 4 is 39.9 Å². The molecule has 0 radical (unpaired) electrons. The molecule has 2 N–H and O–H groups in total. The van der Waals surface area contributed by atoms with Gasteiger partial charge in [0.15, 0.2) is 0 Å². The third kappa shape index (κ3) is 2.95. The summed E-state index contributed by atoms with van der Waals surface area (Å²) in [5.41, 5.74) is 3.92. The van der Waals surface area contributed by atoms with Crippen molar-refractivity contribution < 1.29 is 4.79 Å². The van der Waals surface area contributed by atoms with Crippen molar-refractivity contribution in [1.82, 2.24) is 0 Å². The Morgan fingerprint density at radius 3 is 2.75 bits per heavy atom. The summed E-state index contributed by atoms with van der Waals surface area (Å²) in [7, 11) is 0. The summed E-state index contributed by atoms with van der Waals surface area (Å²) < 4.78 is 1.15. The number of rotatable bonds is 2. The molecule has 0 fully saturated rings. The summed E-state index contributed by atoms with van der Waals surface area (Å²) in [4.78, 5) is 12.3. The van der Waals surface area contributed by atoms with Crippen LogP contribution >= 0.6 is 22.6 Å². The Balaban J connectivity index is 1.78. The molecule has 0 unspecified atom stereocenters. The minimum Gasteiger partial charge on any atom is -0.385 e. The SMILES string of the molecule is O=C(Nc1ccc(I)cc1)c1ccc2c(c1)CCCN2. The number of fused-ring (bicyclic) bond motifs is 1. The molecule has 0 aromatic heterocycles. The molecule has 20 heavy (non-hydrogen) atoms. The highest BCUT2D eigenvalue weighted by molar-refractivity contribution is 14.1. The zero-order chi connectivity index (χ0) is 13.9. The predicted octanol–water partition coefficient (Wildman–Crippen LogP) is 3.90. The molecule has 0 saturated heterocycles. The highest BCUT2D eigenvalue weighted by Gasteiger charge is 2.12. The minimum atomic E-state index is -0.0559. The van der Waals surface area contributed by atoms with Gasteiger partial charge < -0.3 is 10.6 Å². The lowest BCUT2D eigenvalue weighted by Gasteiger charge is -2.18. The van der Waals surface area contributed by atoms with Crippen LogP contribution in [0.1, 0.15) is 22.3 Å². The number of carbonyl (C=O) groups is 1. The largest absolute Gasteiger partial charge is 0.385 e. The van der Waals surface area contributed by atoms with Gasteiger partial charge in [-0.1, -0.05) is 0 Å². The average molecular weight is 378 g/mol. The number of hydrogen-bond donors (Lipinski definition) is 2. The van der Waals surface area contributed by atoms with Crippen molar-refractivity contribution in [2.75, 3.05) is 17.2 Å². The Morgan fingerprint density at radius 1 is 1.15 bits per heavy atom. The second kappa shape index (κ2) is 5.83. The number of halogens is 1. The molecule has 0 bridgehead atoms. The molecule has 4 heteroatoms. The molecule has 3 rings (SSSR count). The second-order valence-electron chi connectivity index (χ2n) is 4.86. The molecule has 1 aliphatic heterocycles. The minimum absolute atomic E-state index is 0.0559. The van der Waals surface area contributed by atoms with Crippen LogP contribution in [0.15, 0.2) is 42.5 Å². The van der Waals surface area contributed by atoms with Crippen molar-refractivity contribution in [1.29, 1.82) is 0 Å². The van der Waals surface area contributed by atoms with Gasteiger partial charge in [-0.2, -0.15) is 0 Å². The van der Waals surface area contributed by atoms with Gasteiger partial charge in [0.2, 0.25) is 0 Å². The number of hydrogen-bond acceptors (Lipinski definition) is 2. The van der Waals surface area contributed by atoms with Gasteiger partial charge in [-0.25, -0.2) is 0 Å². The van der Waals surface area contributed by atoms with Crippen molar-refractivity contribution in [2.45, 2.75) is 12.8 Å². The van der Waals surface area contributed by atoms with Gasteiger partial charge in [0.1, 0.15) is 0 Å². The fourth-order valence-electron chi connectivity index (χ4n) is 2.35. The highest BCUT2D eigenvalue weighted by Crippen LogP contribution is 2.23. The Hall–Kier alpha value is -1.56. The number of carbonyl (C=O) groups excluding carboxylic acids is 1. The summed E-state index contributed by atoms with van der Waals surface area (Å²) >= 11 is 2.25. The number of amides is 1. The molecule has 1 heterocycles. The van der Waals surface area contributed by atoms with Gasteiger partial charge in [-0.3, -0.25) is 4.79 Å². The van der Waals surface area contributed by atoms with Crippen molar-refractivity contribution in [3.05, 3.63) is 57.2 Å². The molecule has 102 valence electrons. The van der Waals surface area contributed by atoms with Gasteiger partial charge in [0.25, 0.3) is 5.91 Å². The quantitative estimate of drug-likeness (QED) is 0.779. The van der Waals surface area contributed by atoms with Crippen molar-refractivity contribution in [2.24, 2.45) is 0 Å². The molecule has 0 saturated carbocycles. The zero-order valence-electron chi connectivity index (χ0n) is 10.9. The van der Waals surface area contributed by atoms with Crippen LogP contribution in [0.2, 0.25) is 0 Å². The molecular weight excluding hydrogens is 363 g/mol. The number of aryl methyl sites for hydroxylation is 1. The molecule has 3 nitrogen and oxygen atoms in total. The standard InChI is InChI=1S/C16H15IN2O/c17-13-4-6-14(7-5-13)19-16(20)12-3-8-15-11(10-12)2-1-9-18-15/h3-8,10,18H,1-2,9H2,(H,19,20). The molecule has 0 aliphatic carbocycles. The monoisotopic (exact) mass is 378 g/mol. The van der Waals surface area contributed by atoms with E-state index in [9.17, 15) is 4.79 Å². The smallest absolute Gasteiger partial charge is 0.255 e. The predicted molar refractivity (Wildman–Crippen MR) is 90.4 cm³/mol. The van der Waals surface area contributed by atoms with E-state index in [2.05, 4.69) is 33.2 Å². The first kappa shape index (κ1) is 13.4. The van der Waals surface area contributed by atoms with Crippen LogP contribution in [0.25, 0.3) is 0 Å². The first-order chi connectivity index (χ1) is 9.72. The second-order valence-corrected chi connectivity index (χ2v) is 6.11. The van der Waals surface area contributed by atoms with Crippen LogP contribution in [0.3, 0.4) is 0 Å². The Labute approximate surface area is 131 Å². The lowest BCUT2D eigenvalue weighted by Crippen LogP contribution is -2.15. The molecule has 0 atom stereocenters. The van der Waals surface area contributed by atoms with E-state index in [1.54, 1.807) is 0 Å². The fraction of sp³-hybridized carbons (Fsp3) is 0.188. The van der Waals surface area contributed by atoms with Gasteiger partial charge in [-0.15, -0.1) is 0 Å². The fourth-order valence-corrected chi connectivity index (χ4v) is 2.71. The van der Waals surface area contributed by atoms with Crippen LogP contribution in [0.5, 0.6) is 0 Å². The Bertz CT molecular complexity index is 637. The molecule has 2 aromatic carbocycles. The number of nitrogens with one attached hydrogen (secondary N) is 2. The van der Waals surface area contributed by atoms with Crippen LogP contribution in [0.4, 0.5) is 11.4 Å². The lowest BCUT2D eigenvalue weighted by atomic mass is 10.0. The van der Waals surface area contributed by atoms with Gasteiger partial charge in [-0.05, 0) is 83.5 Å². The third-order valence-electron chi connectivity index (χ3n) is 3.41. The summed E-state index contributed by atoms with van der Waals surface area (Å²) in [6, 6.07) is 13.7. The first-order valence-corrected chi connectivity index (χ1v) is 7.74. The summed E-state index contributed by atoms with van der Waals surface area (Å²) in [5.74, 6) is -0.0559. The van der Waals surface area contributed by atoms with Gasteiger partial charge >= 0.3 is 0 Å². The maximum atomic E-state index is 12.3. The molecule has 1 amide bonds. The molecule has 1 aliphatic rings. The van der Waals surface area contributed by atoms with E-state index >= 15 is 0 Å². The maximum absolute atomic E-state index is 12.3. The van der Waals surface area contributed by atoms with Crippen LogP contribution in [-0.4, -0.2) is 12.5 Å². The highest BCUT2D eigenvalue weighted by atomic mass is 127. The number of benzene rings is 2. The van der Waals surface area contributed by atoms with E-state index < -0.39 is 0 Å². The van der Waals surface area contributed by atoms with E-state index in [0.29, 0.717) is 5.56 Å². The normalized spacial score (nSPS) is 13.2. The summed E-state index contributed by atoms with van der Waals surface area (Å²) in [6.07, 6.45) is 2.15. The Kier molecular flexibility index (Phi) is 3.91. The Morgan fingerprint density at radius 2 is 1.95 bits per heavy atom. The van der Waals surface area contributed by atoms with E-state index in [1.807, 2.05) is 42.5 Å². The van der Waals surface area contributed by atoms with Crippen LogP contribution in [0, 0.1) is 3.57 Å². The molecule has 0 spiro atoms. The van der Waals surface area contributed by atoms with Crippen molar-refractivity contribution in [3.8, 4) is 0 Å². The van der Waals surface area contributed by atoms with E-state index in [1.165, 1.54) is 5.56 Å². The first-order valence-electron chi connectivity index (χ1n) is 6.66. The maximum Gasteiger partial charge on any atom is 0.255 e. The van der Waals surface area contributed by atoms with Crippen molar-refractivity contribution in [3.63, 3.8) is 0 Å². The number of anilines is 2. The zero-order valence-corrected chi connectivity index (χ0v) is 13.1. The molecular formula is C16H15IN2O. The van der Waals surface area contributed by atoms with E-state index in [0.717, 1.165) is 34.3 Å². The van der Waals surface area contributed by atoms with E-state index in [-0.39, 0.29) is 5.91 Å². The van der Waals surface area contributed by atoms with Crippen LogP contribution in [-0.2, 0) is 6.42 Å². The van der Waals surface area contributed by atoms with Gasteiger partial charge in [0, 0.05) is 27.1 Å². The third-order valence-corrected chi connectivity index (χ3v) is 4.13. The summed E-state index contributed by atoms with van der Waals surface area (Å²) in [5, 5.41) is 6.28. The summed E-state index contributed by atoms with van der Waals surface area (Å²) in [6.45, 7) is 1.02. The van der Waals surface area contributed by atoms with Gasteiger partial charge in [0.05, 0.1) is 0 Å². The van der Waals surface area contributed by atoms with E-state index in [4.69, 9.17) is 0 Å². The topological polar surface area (TPSA) is 41.1 Å².